The Morgan fingerprint density at radius 1 is 0.962 bits per heavy atom. The zero-order valence-corrected chi connectivity index (χ0v) is 17.1. The third kappa shape index (κ3) is 3.26. The second-order valence-electron chi connectivity index (χ2n) is 7.75. The zero-order valence-electron chi connectivity index (χ0n) is 15.5. The lowest BCUT2D eigenvalue weighted by Gasteiger charge is -2.54. The van der Waals surface area contributed by atoms with Gasteiger partial charge in [-0.15, -0.1) is 0 Å². The monoisotopic (exact) mass is 391 g/mol. The lowest BCUT2D eigenvalue weighted by molar-refractivity contribution is 0.120. The van der Waals surface area contributed by atoms with Crippen molar-refractivity contribution in [3.8, 4) is 0 Å². The van der Waals surface area contributed by atoms with Gasteiger partial charge in [0.2, 0.25) is 10.0 Å². The van der Waals surface area contributed by atoms with Gasteiger partial charge in [0.15, 0.2) is 4.58 Å². The maximum atomic E-state index is 13.2. The first-order valence-electron chi connectivity index (χ1n) is 8.68. The second kappa shape index (κ2) is 6.91. The van der Waals surface area contributed by atoms with Crippen LogP contribution in [0.4, 0.5) is 0 Å². The van der Waals surface area contributed by atoms with Crippen LogP contribution in [-0.2, 0) is 20.8 Å². The maximum Gasteiger partial charge on any atom is 0.231 e. The normalized spacial score (nSPS) is 25.2. The molecule has 0 amide bonds. The number of nitrogens with zero attached hydrogens (tertiary/aromatic N) is 1. The number of hydrogen-bond donors (Lipinski definition) is 0. The number of hydrogen-bond acceptors (Lipinski definition) is 3. The summed E-state index contributed by atoms with van der Waals surface area (Å²) in [4.78, 5) is 0.558. The summed E-state index contributed by atoms with van der Waals surface area (Å²) in [6, 6.07) is 17.8. The Morgan fingerprint density at radius 3 is 1.96 bits per heavy atom. The summed E-state index contributed by atoms with van der Waals surface area (Å²) in [5.74, 6) is 0. The van der Waals surface area contributed by atoms with E-state index >= 15 is 0 Å². The van der Waals surface area contributed by atoms with E-state index in [0.717, 1.165) is 5.56 Å². The van der Waals surface area contributed by atoms with Crippen molar-refractivity contribution >= 4 is 20.8 Å². The fraction of sp³-hybridized carbons (Fsp3) is 0.400. The largest absolute Gasteiger partial charge is 0.253 e. The van der Waals surface area contributed by atoms with Crippen molar-refractivity contribution in [3.05, 3.63) is 66.2 Å². The molecule has 0 bridgehead atoms. The summed E-state index contributed by atoms with van der Waals surface area (Å²) in [6.45, 7) is 7.91. The Kier molecular flexibility index (Phi) is 5.12. The first kappa shape index (κ1) is 19.3. The minimum atomic E-state index is -3.66. The average Bonchev–Trinajstić information content (AvgIpc) is 2.60. The van der Waals surface area contributed by atoms with Crippen LogP contribution in [0.15, 0.2) is 65.6 Å². The molecule has 0 unspecified atom stereocenters. The second-order valence-corrected chi connectivity index (χ2v) is 11.6. The quantitative estimate of drug-likeness (QED) is 0.793. The molecular weight excluding hydrogens is 366 g/mol. The van der Waals surface area contributed by atoms with E-state index in [0.29, 0.717) is 4.90 Å². The fourth-order valence-corrected chi connectivity index (χ4v) is 8.83. The van der Waals surface area contributed by atoms with Crippen molar-refractivity contribution in [2.24, 2.45) is 5.41 Å². The van der Waals surface area contributed by atoms with Gasteiger partial charge in [-0.3, -0.25) is 4.21 Å². The molecule has 0 saturated carbocycles. The Morgan fingerprint density at radius 2 is 1.46 bits per heavy atom. The van der Waals surface area contributed by atoms with Gasteiger partial charge in [0.25, 0.3) is 0 Å². The van der Waals surface area contributed by atoms with Crippen LogP contribution in [0.25, 0.3) is 0 Å². The molecule has 3 rings (SSSR count). The van der Waals surface area contributed by atoms with Gasteiger partial charge in [0, 0.05) is 10.9 Å². The van der Waals surface area contributed by atoms with Gasteiger partial charge in [0.05, 0.1) is 16.8 Å². The molecule has 1 fully saturated rings. The van der Waals surface area contributed by atoms with Crippen LogP contribution in [0, 0.1) is 5.41 Å². The van der Waals surface area contributed by atoms with E-state index in [4.69, 9.17) is 0 Å². The third-order valence-electron chi connectivity index (χ3n) is 4.86. The summed E-state index contributed by atoms with van der Waals surface area (Å²) >= 11 is 0. The third-order valence-corrected chi connectivity index (χ3v) is 9.50. The molecule has 0 aromatic heterocycles. The topological polar surface area (TPSA) is 54.5 Å². The fourth-order valence-electron chi connectivity index (χ4n) is 3.55. The first-order valence-corrected chi connectivity index (χ1v) is 11.4. The first-order chi connectivity index (χ1) is 12.2. The highest BCUT2D eigenvalue weighted by Crippen LogP contribution is 2.48. The summed E-state index contributed by atoms with van der Waals surface area (Å²) in [7, 11) is -5.27. The van der Waals surface area contributed by atoms with E-state index < -0.39 is 25.4 Å². The zero-order chi connectivity index (χ0) is 19.1. The summed E-state index contributed by atoms with van der Waals surface area (Å²) in [5.41, 5.74) is 0.609. The SMILES string of the molecule is C[C@@H](c1ccccc1)N1[C@@H](C(C)(C)C)[C@H]([S@@](=O)c2ccccc2)S1(=O)=O. The molecule has 140 valence electrons. The molecule has 4 atom stereocenters. The van der Waals surface area contributed by atoms with Gasteiger partial charge in [-0.2, -0.15) is 4.31 Å². The van der Waals surface area contributed by atoms with Crippen LogP contribution in [0.2, 0.25) is 0 Å². The maximum absolute atomic E-state index is 13.2. The van der Waals surface area contributed by atoms with E-state index in [1.807, 2.05) is 64.1 Å². The summed E-state index contributed by atoms with van der Waals surface area (Å²) < 4.78 is 40.1. The Hall–Kier alpha value is -1.50. The molecule has 0 N–H and O–H groups in total. The highest BCUT2D eigenvalue weighted by atomic mass is 32.3. The van der Waals surface area contributed by atoms with Crippen molar-refractivity contribution in [2.75, 3.05) is 0 Å². The van der Waals surface area contributed by atoms with Crippen molar-refractivity contribution in [3.63, 3.8) is 0 Å². The molecule has 6 heteroatoms. The average molecular weight is 392 g/mol. The minimum Gasteiger partial charge on any atom is -0.253 e. The minimum absolute atomic E-state index is 0.297. The predicted molar refractivity (Wildman–Crippen MR) is 105 cm³/mol. The van der Waals surface area contributed by atoms with Gasteiger partial charge in [-0.1, -0.05) is 69.3 Å². The molecule has 1 aliphatic heterocycles. The Bertz CT molecular complexity index is 890. The number of sulfonamides is 1. The molecule has 0 radical (unpaired) electrons. The van der Waals surface area contributed by atoms with Gasteiger partial charge in [-0.25, -0.2) is 8.42 Å². The van der Waals surface area contributed by atoms with Crippen LogP contribution >= 0.6 is 0 Å². The molecule has 1 aliphatic rings. The van der Waals surface area contributed by atoms with Crippen molar-refractivity contribution < 1.29 is 12.6 Å². The molecule has 0 spiro atoms. The van der Waals surface area contributed by atoms with Crippen LogP contribution in [0.3, 0.4) is 0 Å². The summed E-state index contributed by atoms with van der Waals surface area (Å²) in [6.07, 6.45) is 0. The molecule has 4 nitrogen and oxygen atoms in total. The van der Waals surface area contributed by atoms with Gasteiger partial charge in [0.1, 0.15) is 0 Å². The lowest BCUT2D eigenvalue weighted by atomic mass is 9.86. The molecule has 26 heavy (non-hydrogen) atoms. The molecule has 1 heterocycles. The van der Waals surface area contributed by atoms with E-state index in [2.05, 4.69) is 0 Å². The van der Waals surface area contributed by atoms with Crippen LogP contribution in [0.5, 0.6) is 0 Å². The smallest absolute Gasteiger partial charge is 0.231 e. The van der Waals surface area contributed by atoms with Crippen LogP contribution in [-0.4, -0.2) is 27.6 Å². The van der Waals surface area contributed by atoms with Crippen molar-refractivity contribution in [1.82, 2.24) is 4.31 Å². The van der Waals surface area contributed by atoms with E-state index in [1.165, 1.54) is 0 Å². The molecule has 2 aromatic rings. The molecular formula is C20H25NO3S2. The van der Waals surface area contributed by atoms with Crippen LogP contribution in [0.1, 0.15) is 39.3 Å². The number of benzene rings is 2. The predicted octanol–water partition coefficient (Wildman–Crippen LogP) is 3.94. The Labute approximate surface area is 158 Å². The van der Waals surface area contributed by atoms with Crippen molar-refractivity contribution in [1.29, 1.82) is 0 Å². The van der Waals surface area contributed by atoms with E-state index in [9.17, 15) is 12.6 Å². The van der Waals surface area contributed by atoms with E-state index in [-0.39, 0.29) is 17.5 Å². The van der Waals surface area contributed by atoms with Gasteiger partial charge < -0.3 is 0 Å². The summed E-state index contributed by atoms with van der Waals surface area (Å²) in [5, 5.41) is 0. The highest BCUT2D eigenvalue weighted by Gasteiger charge is 2.62. The number of rotatable bonds is 4. The van der Waals surface area contributed by atoms with Crippen LogP contribution < -0.4 is 0 Å². The lowest BCUT2D eigenvalue weighted by Crippen LogP contribution is -2.69. The standard InChI is InChI=1S/C20H25NO3S2/c1-15(16-11-7-5-8-12-16)21-18(20(2,3)4)19(26(21,23)24)25(22)17-13-9-6-10-14-17/h5-15,18-19H,1-4H3/t15-,18+,19+,25-/m0/s1. The van der Waals surface area contributed by atoms with E-state index in [1.54, 1.807) is 28.6 Å². The Balaban J connectivity index is 2.01. The molecule has 1 saturated heterocycles. The molecule has 2 aromatic carbocycles. The van der Waals surface area contributed by atoms with Gasteiger partial charge >= 0.3 is 0 Å². The van der Waals surface area contributed by atoms with Gasteiger partial charge in [-0.05, 0) is 30.0 Å². The molecule has 0 aliphatic carbocycles. The highest BCUT2D eigenvalue weighted by molar-refractivity contribution is 8.06. The van der Waals surface area contributed by atoms with Crippen molar-refractivity contribution in [2.45, 2.75) is 49.3 Å².